The fourth-order valence-electron chi connectivity index (χ4n) is 3.09. The highest BCUT2D eigenvalue weighted by Gasteiger charge is 2.19. The quantitative estimate of drug-likeness (QED) is 0.840. The largest absolute Gasteiger partial charge is 0.330 e. The van der Waals surface area contributed by atoms with E-state index in [1.807, 2.05) is 0 Å². The molecule has 0 saturated heterocycles. The first-order chi connectivity index (χ1) is 8.76. The van der Waals surface area contributed by atoms with Crippen molar-refractivity contribution in [3.63, 3.8) is 0 Å². The number of hydrogen-bond donors (Lipinski definition) is 1. The van der Waals surface area contributed by atoms with Crippen LogP contribution < -0.4 is 5.32 Å². The summed E-state index contributed by atoms with van der Waals surface area (Å²) in [5.74, 6) is 1.21. The van der Waals surface area contributed by atoms with Gasteiger partial charge < -0.3 is 9.88 Å². The normalized spacial score (nSPS) is 16.6. The second-order valence-corrected chi connectivity index (χ2v) is 5.41. The molecule has 0 saturated carbocycles. The van der Waals surface area contributed by atoms with E-state index in [1.54, 1.807) is 0 Å². The standard InChI is InChI=1S/C15H27N3/c1-4-8-13(16-5-2)11-18-12(3)17-14-9-6-7-10-15(14)18/h13,16H,4-11H2,1-3H3. The average molecular weight is 249 g/mol. The Labute approximate surface area is 111 Å². The zero-order valence-electron chi connectivity index (χ0n) is 12.1. The maximum absolute atomic E-state index is 4.76. The summed E-state index contributed by atoms with van der Waals surface area (Å²) in [5, 5.41) is 3.61. The van der Waals surface area contributed by atoms with Crippen LogP contribution in [0.2, 0.25) is 0 Å². The van der Waals surface area contributed by atoms with E-state index in [0.29, 0.717) is 6.04 Å². The molecule has 0 bridgehead atoms. The number of nitrogens with one attached hydrogen (secondary N) is 1. The smallest absolute Gasteiger partial charge is 0.106 e. The fraction of sp³-hybridized carbons (Fsp3) is 0.800. The molecule has 0 spiro atoms. The minimum absolute atomic E-state index is 0.596. The molecule has 1 aromatic heterocycles. The van der Waals surface area contributed by atoms with Gasteiger partial charge in [-0.3, -0.25) is 0 Å². The lowest BCUT2D eigenvalue weighted by atomic mass is 10.0. The first-order valence-corrected chi connectivity index (χ1v) is 7.54. The van der Waals surface area contributed by atoms with Crippen LogP contribution in [-0.4, -0.2) is 22.1 Å². The van der Waals surface area contributed by atoms with E-state index in [9.17, 15) is 0 Å². The lowest BCUT2D eigenvalue weighted by molar-refractivity contribution is 0.416. The van der Waals surface area contributed by atoms with Crippen LogP contribution in [0, 0.1) is 6.92 Å². The molecule has 2 rings (SSSR count). The van der Waals surface area contributed by atoms with Crippen molar-refractivity contribution in [1.29, 1.82) is 0 Å². The Kier molecular flexibility index (Phi) is 4.81. The van der Waals surface area contributed by atoms with Gasteiger partial charge in [0, 0.05) is 18.3 Å². The average Bonchev–Trinajstić information content (AvgIpc) is 2.67. The first-order valence-electron chi connectivity index (χ1n) is 7.54. The Hall–Kier alpha value is -0.830. The number of rotatable bonds is 6. The predicted octanol–water partition coefficient (Wildman–Crippen LogP) is 2.85. The molecule has 1 N–H and O–H groups in total. The monoisotopic (exact) mass is 249 g/mol. The second kappa shape index (κ2) is 6.37. The van der Waals surface area contributed by atoms with Crippen molar-refractivity contribution in [3.8, 4) is 0 Å². The molecule has 1 aromatic rings. The topological polar surface area (TPSA) is 29.9 Å². The van der Waals surface area contributed by atoms with Crippen molar-refractivity contribution >= 4 is 0 Å². The van der Waals surface area contributed by atoms with Gasteiger partial charge in [-0.15, -0.1) is 0 Å². The Morgan fingerprint density at radius 2 is 2.06 bits per heavy atom. The van der Waals surface area contributed by atoms with Gasteiger partial charge in [-0.1, -0.05) is 20.3 Å². The molecule has 0 fully saturated rings. The molecule has 102 valence electrons. The molecular weight excluding hydrogens is 222 g/mol. The summed E-state index contributed by atoms with van der Waals surface area (Å²) in [7, 11) is 0. The second-order valence-electron chi connectivity index (χ2n) is 5.41. The molecule has 3 nitrogen and oxygen atoms in total. The maximum Gasteiger partial charge on any atom is 0.106 e. The van der Waals surface area contributed by atoms with Gasteiger partial charge in [0.15, 0.2) is 0 Å². The third kappa shape index (κ3) is 2.94. The van der Waals surface area contributed by atoms with E-state index in [4.69, 9.17) is 4.98 Å². The molecule has 0 aromatic carbocycles. The van der Waals surface area contributed by atoms with Crippen LogP contribution in [0.5, 0.6) is 0 Å². The van der Waals surface area contributed by atoms with Crippen LogP contribution in [0.4, 0.5) is 0 Å². The van der Waals surface area contributed by atoms with Crippen molar-refractivity contribution in [2.45, 2.75) is 71.9 Å². The Balaban J connectivity index is 2.14. The number of aromatic nitrogens is 2. The third-order valence-electron chi connectivity index (χ3n) is 3.96. The van der Waals surface area contributed by atoms with Crippen LogP contribution in [0.15, 0.2) is 0 Å². The molecule has 1 aliphatic rings. The third-order valence-corrected chi connectivity index (χ3v) is 3.96. The summed E-state index contributed by atoms with van der Waals surface area (Å²) >= 11 is 0. The van der Waals surface area contributed by atoms with Gasteiger partial charge in [-0.25, -0.2) is 4.98 Å². The van der Waals surface area contributed by atoms with Gasteiger partial charge in [-0.05, 0) is 45.6 Å². The molecule has 1 atom stereocenters. The Morgan fingerprint density at radius 3 is 2.78 bits per heavy atom. The van der Waals surface area contributed by atoms with E-state index in [0.717, 1.165) is 13.1 Å². The van der Waals surface area contributed by atoms with Crippen molar-refractivity contribution in [2.24, 2.45) is 0 Å². The summed E-state index contributed by atoms with van der Waals surface area (Å²) in [4.78, 5) is 4.76. The minimum Gasteiger partial charge on any atom is -0.330 e. The first kappa shape index (κ1) is 13.6. The van der Waals surface area contributed by atoms with E-state index in [-0.39, 0.29) is 0 Å². The van der Waals surface area contributed by atoms with Gasteiger partial charge in [0.1, 0.15) is 5.82 Å². The van der Waals surface area contributed by atoms with Crippen molar-refractivity contribution < 1.29 is 0 Å². The van der Waals surface area contributed by atoms with Crippen LogP contribution >= 0.6 is 0 Å². The molecule has 1 aliphatic carbocycles. The van der Waals surface area contributed by atoms with Gasteiger partial charge in [0.05, 0.1) is 5.69 Å². The van der Waals surface area contributed by atoms with Crippen LogP contribution in [0.1, 0.15) is 56.7 Å². The highest BCUT2D eigenvalue weighted by Crippen LogP contribution is 2.22. The summed E-state index contributed by atoms with van der Waals surface area (Å²) in [6.07, 6.45) is 7.55. The van der Waals surface area contributed by atoms with Crippen LogP contribution in [-0.2, 0) is 19.4 Å². The Morgan fingerprint density at radius 1 is 1.28 bits per heavy atom. The zero-order valence-corrected chi connectivity index (χ0v) is 12.1. The molecule has 0 radical (unpaired) electrons. The summed E-state index contributed by atoms with van der Waals surface area (Å²) in [6, 6.07) is 0.596. The van der Waals surface area contributed by atoms with E-state index in [1.165, 1.54) is 55.7 Å². The van der Waals surface area contributed by atoms with E-state index >= 15 is 0 Å². The minimum atomic E-state index is 0.596. The van der Waals surface area contributed by atoms with Gasteiger partial charge in [0.25, 0.3) is 0 Å². The fourth-order valence-corrected chi connectivity index (χ4v) is 3.09. The summed E-state index contributed by atoms with van der Waals surface area (Å²) in [6.45, 7) is 8.77. The Bertz CT molecular complexity index is 375. The summed E-state index contributed by atoms with van der Waals surface area (Å²) < 4.78 is 2.47. The highest BCUT2D eigenvalue weighted by molar-refractivity contribution is 5.20. The summed E-state index contributed by atoms with van der Waals surface area (Å²) in [5.41, 5.74) is 2.88. The van der Waals surface area contributed by atoms with Gasteiger partial charge in [-0.2, -0.15) is 0 Å². The number of nitrogens with zero attached hydrogens (tertiary/aromatic N) is 2. The highest BCUT2D eigenvalue weighted by atomic mass is 15.1. The van der Waals surface area contributed by atoms with Crippen molar-refractivity contribution in [3.05, 3.63) is 17.2 Å². The van der Waals surface area contributed by atoms with E-state index < -0.39 is 0 Å². The van der Waals surface area contributed by atoms with Crippen molar-refractivity contribution in [1.82, 2.24) is 14.9 Å². The lowest BCUT2D eigenvalue weighted by Gasteiger charge is -2.21. The number of likely N-dealkylation sites (N-methyl/N-ethyl adjacent to an activating group) is 1. The number of hydrogen-bond acceptors (Lipinski definition) is 2. The van der Waals surface area contributed by atoms with Crippen LogP contribution in [0.3, 0.4) is 0 Å². The van der Waals surface area contributed by atoms with Gasteiger partial charge >= 0.3 is 0 Å². The lowest BCUT2D eigenvalue weighted by Crippen LogP contribution is -2.34. The maximum atomic E-state index is 4.76. The van der Waals surface area contributed by atoms with Gasteiger partial charge in [0.2, 0.25) is 0 Å². The number of imidazole rings is 1. The molecule has 1 heterocycles. The van der Waals surface area contributed by atoms with E-state index in [2.05, 4.69) is 30.7 Å². The molecule has 0 aliphatic heterocycles. The SMILES string of the molecule is CCCC(Cn1c(C)nc2c1CCCC2)NCC. The molecule has 1 unspecified atom stereocenters. The number of fused-ring (bicyclic) bond motifs is 1. The zero-order chi connectivity index (χ0) is 13.0. The predicted molar refractivity (Wildman–Crippen MR) is 76.0 cm³/mol. The molecule has 3 heteroatoms. The molecular formula is C15H27N3. The number of aryl methyl sites for hydroxylation is 2. The van der Waals surface area contributed by atoms with Crippen molar-refractivity contribution in [2.75, 3.05) is 6.54 Å². The molecule has 18 heavy (non-hydrogen) atoms. The molecule has 0 amide bonds. The van der Waals surface area contributed by atoms with Crippen LogP contribution in [0.25, 0.3) is 0 Å².